The van der Waals surface area contributed by atoms with Crippen LogP contribution in [0.2, 0.25) is 15.1 Å². The largest absolute Gasteiger partial charge is 0.352 e. The smallest absolute Gasteiger partial charge is 0.243 e. The van der Waals surface area contributed by atoms with Gasteiger partial charge in [-0.2, -0.15) is 0 Å². The number of rotatable bonds is 9. The number of halogens is 3. The van der Waals surface area contributed by atoms with Gasteiger partial charge in [-0.1, -0.05) is 109 Å². The first-order valence-electron chi connectivity index (χ1n) is 12.7. The molecular weight excluding hydrogens is 527 g/mol. The Morgan fingerprint density at radius 1 is 0.811 bits per heavy atom. The fourth-order valence-corrected chi connectivity index (χ4v) is 5.59. The third-order valence-corrected chi connectivity index (χ3v) is 7.99. The molecule has 7 heteroatoms. The lowest BCUT2D eigenvalue weighted by atomic mass is 9.94. The maximum atomic E-state index is 13.9. The van der Waals surface area contributed by atoms with Crippen molar-refractivity contribution in [3.05, 3.63) is 105 Å². The van der Waals surface area contributed by atoms with Crippen molar-refractivity contribution in [2.75, 3.05) is 0 Å². The molecule has 0 bridgehead atoms. The summed E-state index contributed by atoms with van der Waals surface area (Å²) in [5.74, 6) is -0.393. The Morgan fingerprint density at radius 3 is 2.11 bits per heavy atom. The SMILES string of the molecule is O=C(NC1CCCCC1)[C@@H](Cc1ccccc1)N(Cc1ccccc1Cl)C(=O)Cc1c(Cl)cccc1Cl. The number of benzene rings is 3. The Morgan fingerprint density at radius 2 is 1.43 bits per heavy atom. The van der Waals surface area contributed by atoms with E-state index in [0.717, 1.165) is 36.8 Å². The van der Waals surface area contributed by atoms with Crippen molar-refractivity contribution in [3.63, 3.8) is 0 Å². The lowest BCUT2D eigenvalue weighted by Gasteiger charge is -2.34. The Labute approximate surface area is 233 Å². The van der Waals surface area contributed by atoms with Gasteiger partial charge in [-0.3, -0.25) is 9.59 Å². The standard InChI is InChI=1S/C30H31Cl3N2O2/c31-25-15-8-7-12-22(25)20-35(29(36)19-24-26(32)16-9-17-27(24)33)28(18-21-10-3-1-4-11-21)30(37)34-23-13-5-2-6-14-23/h1,3-4,7-12,15-17,23,28H,2,5-6,13-14,18-20H2,(H,34,37)/t28-/m1/s1. The van der Waals surface area contributed by atoms with E-state index in [2.05, 4.69) is 5.32 Å². The minimum absolute atomic E-state index is 0.0229. The molecule has 4 nitrogen and oxygen atoms in total. The van der Waals surface area contributed by atoms with Crippen molar-refractivity contribution in [1.82, 2.24) is 10.2 Å². The Bertz CT molecular complexity index is 1190. The first kappa shape index (κ1) is 27.5. The van der Waals surface area contributed by atoms with Crippen molar-refractivity contribution in [1.29, 1.82) is 0 Å². The van der Waals surface area contributed by atoms with Crippen molar-refractivity contribution >= 4 is 46.6 Å². The molecule has 1 saturated carbocycles. The lowest BCUT2D eigenvalue weighted by molar-refractivity contribution is -0.141. The van der Waals surface area contributed by atoms with Crippen LogP contribution in [0.4, 0.5) is 0 Å². The minimum Gasteiger partial charge on any atom is -0.352 e. The average Bonchev–Trinajstić information content (AvgIpc) is 2.90. The number of carbonyl (C=O) groups excluding carboxylic acids is 2. The van der Waals surface area contributed by atoms with Gasteiger partial charge in [0.1, 0.15) is 6.04 Å². The third-order valence-electron chi connectivity index (χ3n) is 6.91. The van der Waals surface area contributed by atoms with Crippen molar-refractivity contribution in [2.24, 2.45) is 0 Å². The third kappa shape index (κ3) is 7.50. The van der Waals surface area contributed by atoms with E-state index in [1.165, 1.54) is 6.42 Å². The number of nitrogens with zero attached hydrogens (tertiary/aromatic N) is 1. The van der Waals surface area contributed by atoms with Crippen LogP contribution in [0, 0.1) is 0 Å². The lowest BCUT2D eigenvalue weighted by Crippen LogP contribution is -2.53. The zero-order valence-corrected chi connectivity index (χ0v) is 22.9. The minimum atomic E-state index is -0.727. The average molecular weight is 558 g/mol. The summed E-state index contributed by atoms with van der Waals surface area (Å²) in [4.78, 5) is 29.4. The highest BCUT2D eigenvalue weighted by Gasteiger charge is 2.32. The van der Waals surface area contributed by atoms with E-state index in [0.29, 0.717) is 27.1 Å². The van der Waals surface area contributed by atoms with Gasteiger partial charge in [-0.15, -0.1) is 0 Å². The summed E-state index contributed by atoms with van der Waals surface area (Å²) < 4.78 is 0. The summed E-state index contributed by atoms with van der Waals surface area (Å²) in [5.41, 5.74) is 2.29. The molecule has 1 aliphatic rings. The molecule has 2 amide bonds. The van der Waals surface area contributed by atoms with Crippen LogP contribution in [-0.2, 0) is 29.0 Å². The van der Waals surface area contributed by atoms with Gasteiger partial charge in [-0.25, -0.2) is 0 Å². The first-order chi connectivity index (χ1) is 17.9. The van der Waals surface area contributed by atoms with Gasteiger partial charge in [0.05, 0.1) is 6.42 Å². The Hall–Kier alpha value is -2.53. The summed E-state index contributed by atoms with van der Waals surface area (Å²) in [5, 5.41) is 4.63. The van der Waals surface area contributed by atoms with Crippen LogP contribution < -0.4 is 5.32 Å². The van der Waals surface area contributed by atoms with Crippen LogP contribution in [0.3, 0.4) is 0 Å². The molecule has 1 fully saturated rings. The molecule has 37 heavy (non-hydrogen) atoms. The van der Waals surface area contributed by atoms with Gasteiger partial charge in [-0.05, 0) is 47.7 Å². The topological polar surface area (TPSA) is 49.4 Å². The van der Waals surface area contributed by atoms with E-state index in [9.17, 15) is 9.59 Å². The van der Waals surface area contributed by atoms with E-state index in [1.807, 2.05) is 48.5 Å². The molecule has 0 aromatic heterocycles. The molecule has 0 saturated heterocycles. The highest BCUT2D eigenvalue weighted by Crippen LogP contribution is 2.27. The molecule has 1 atom stereocenters. The maximum Gasteiger partial charge on any atom is 0.243 e. The second-order valence-electron chi connectivity index (χ2n) is 9.54. The second-order valence-corrected chi connectivity index (χ2v) is 10.8. The van der Waals surface area contributed by atoms with Crippen LogP contribution in [-0.4, -0.2) is 28.8 Å². The highest BCUT2D eigenvalue weighted by molar-refractivity contribution is 6.36. The fraction of sp³-hybridized carbons (Fsp3) is 0.333. The van der Waals surface area contributed by atoms with Crippen LogP contribution in [0.15, 0.2) is 72.8 Å². The molecule has 4 rings (SSSR count). The van der Waals surface area contributed by atoms with Gasteiger partial charge in [0, 0.05) is 34.1 Å². The van der Waals surface area contributed by atoms with E-state index in [1.54, 1.807) is 29.2 Å². The molecule has 194 valence electrons. The number of amides is 2. The predicted molar refractivity (Wildman–Crippen MR) is 151 cm³/mol. The summed E-state index contributed by atoms with van der Waals surface area (Å²) in [7, 11) is 0. The molecule has 0 radical (unpaired) electrons. The van der Waals surface area contributed by atoms with Crippen LogP contribution in [0.1, 0.15) is 48.8 Å². The van der Waals surface area contributed by atoms with Crippen LogP contribution >= 0.6 is 34.8 Å². The van der Waals surface area contributed by atoms with Gasteiger partial charge in [0.2, 0.25) is 11.8 Å². The summed E-state index contributed by atoms with van der Waals surface area (Å²) in [6.07, 6.45) is 5.66. The van der Waals surface area contributed by atoms with Crippen LogP contribution in [0.25, 0.3) is 0 Å². The van der Waals surface area contributed by atoms with E-state index < -0.39 is 6.04 Å². The van der Waals surface area contributed by atoms with Gasteiger partial charge >= 0.3 is 0 Å². The zero-order chi connectivity index (χ0) is 26.2. The molecular formula is C30H31Cl3N2O2. The molecule has 0 heterocycles. The van der Waals surface area contributed by atoms with Gasteiger partial charge < -0.3 is 10.2 Å². The Kier molecular flexibility index (Phi) is 9.90. The molecule has 0 spiro atoms. The molecule has 1 N–H and O–H groups in total. The maximum absolute atomic E-state index is 13.9. The van der Waals surface area contributed by atoms with E-state index in [4.69, 9.17) is 34.8 Å². The van der Waals surface area contributed by atoms with E-state index >= 15 is 0 Å². The number of hydrogen-bond donors (Lipinski definition) is 1. The fourth-order valence-electron chi connectivity index (χ4n) is 4.86. The zero-order valence-electron chi connectivity index (χ0n) is 20.6. The molecule has 3 aromatic rings. The summed E-state index contributed by atoms with van der Waals surface area (Å²) in [6.45, 7) is 0.191. The number of hydrogen-bond acceptors (Lipinski definition) is 2. The number of carbonyl (C=O) groups is 2. The summed E-state index contributed by atoms with van der Waals surface area (Å²) >= 11 is 19.3. The number of nitrogens with one attached hydrogen (secondary N) is 1. The van der Waals surface area contributed by atoms with Gasteiger partial charge in [0.15, 0.2) is 0 Å². The molecule has 0 unspecified atom stereocenters. The molecule has 0 aliphatic heterocycles. The van der Waals surface area contributed by atoms with Crippen molar-refractivity contribution < 1.29 is 9.59 Å². The quantitative estimate of drug-likeness (QED) is 0.301. The second kappa shape index (κ2) is 13.3. The van der Waals surface area contributed by atoms with Crippen molar-refractivity contribution in [3.8, 4) is 0 Å². The van der Waals surface area contributed by atoms with Crippen LogP contribution in [0.5, 0.6) is 0 Å². The molecule has 3 aromatic carbocycles. The van der Waals surface area contributed by atoms with Gasteiger partial charge in [0.25, 0.3) is 0 Å². The monoisotopic (exact) mass is 556 g/mol. The van der Waals surface area contributed by atoms with Crippen molar-refractivity contribution in [2.45, 2.75) is 63.6 Å². The normalized spacial score (nSPS) is 14.7. The first-order valence-corrected chi connectivity index (χ1v) is 13.9. The van der Waals surface area contributed by atoms with E-state index in [-0.39, 0.29) is 30.8 Å². The molecule has 1 aliphatic carbocycles. The Balaban J connectivity index is 1.69. The summed E-state index contributed by atoms with van der Waals surface area (Å²) in [6, 6.07) is 21.7. The highest BCUT2D eigenvalue weighted by atomic mass is 35.5. The predicted octanol–water partition coefficient (Wildman–Crippen LogP) is 7.28.